The summed E-state index contributed by atoms with van der Waals surface area (Å²) < 4.78 is 0. The molecule has 0 heterocycles. The van der Waals surface area contributed by atoms with Gasteiger partial charge in [-0.1, -0.05) is 25.7 Å². The molecule has 0 spiro atoms. The average molecular weight is 155 g/mol. The summed E-state index contributed by atoms with van der Waals surface area (Å²) in [5.74, 6) is 0.991. The summed E-state index contributed by atoms with van der Waals surface area (Å²) in [5, 5.41) is 2.83. The summed E-state index contributed by atoms with van der Waals surface area (Å²) in [6.45, 7) is 2.45. The Labute approximate surface area is 68.4 Å². The van der Waals surface area contributed by atoms with Crippen LogP contribution in [0.3, 0.4) is 0 Å². The normalized spacial score (nSPS) is 18.6. The summed E-state index contributed by atoms with van der Waals surface area (Å²) in [5.41, 5.74) is 0. The average Bonchev–Trinajstić information content (AvgIpc) is 2.39. The van der Waals surface area contributed by atoms with Crippen LogP contribution >= 0.6 is 0 Å². The number of nitrogens with one attached hydrogen (secondary N) is 1. The van der Waals surface area contributed by atoms with Crippen LogP contribution in [0.4, 0.5) is 0 Å². The molecule has 1 aliphatic carbocycles. The van der Waals surface area contributed by atoms with E-state index >= 15 is 0 Å². The van der Waals surface area contributed by atoms with Gasteiger partial charge < -0.3 is 5.32 Å². The first kappa shape index (κ1) is 8.57. The van der Waals surface area contributed by atoms with Crippen LogP contribution in [0.2, 0.25) is 0 Å². The SMILES string of the molecule is CC(=O)NCCC1CCCC1. The Balaban J connectivity index is 1.98. The highest BCUT2D eigenvalue weighted by Gasteiger charge is 2.13. The lowest BCUT2D eigenvalue weighted by molar-refractivity contribution is -0.118. The van der Waals surface area contributed by atoms with Crippen LogP contribution in [0, 0.1) is 5.92 Å². The highest BCUT2D eigenvalue weighted by atomic mass is 16.1. The van der Waals surface area contributed by atoms with Crippen LogP contribution in [-0.4, -0.2) is 12.5 Å². The van der Waals surface area contributed by atoms with Crippen molar-refractivity contribution in [1.82, 2.24) is 5.32 Å². The molecule has 11 heavy (non-hydrogen) atoms. The zero-order valence-electron chi connectivity index (χ0n) is 7.23. The summed E-state index contributed by atoms with van der Waals surface area (Å²) in [6, 6.07) is 0. The van der Waals surface area contributed by atoms with E-state index in [9.17, 15) is 4.79 Å². The second-order valence-corrected chi connectivity index (χ2v) is 3.42. The largest absolute Gasteiger partial charge is 0.356 e. The lowest BCUT2D eigenvalue weighted by Crippen LogP contribution is -2.22. The molecule has 0 saturated heterocycles. The minimum absolute atomic E-state index is 0.1000. The van der Waals surface area contributed by atoms with Crippen LogP contribution < -0.4 is 5.32 Å². The van der Waals surface area contributed by atoms with E-state index in [0.717, 1.165) is 12.5 Å². The molecule has 0 unspecified atom stereocenters. The van der Waals surface area contributed by atoms with Gasteiger partial charge in [-0.15, -0.1) is 0 Å². The molecule has 1 saturated carbocycles. The van der Waals surface area contributed by atoms with E-state index in [4.69, 9.17) is 0 Å². The fourth-order valence-electron chi connectivity index (χ4n) is 1.75. The Kier molecular flexibility index (Phi) is 3.40. The maximum absolute atomic E-state index is 10.5. The minimum Gasteiger partial charge on any atom is -0.356 e. The van der Waals surface area contributed by atoms with Crippen molar-refractivity contribution in [3.05, 3.63) is 0 Å². The van der Waals surface area contributed by atoms with Crippen molar-refractivity contribution in [1.29, 1.82) is 0 Å². The smallest absolute Gasteiger partial charge is 0.216 e. The highest BCUT2D eigenvalue weighted by molar-refractivity contribution is 5.72. The number of hydrogen-bond acceptors (Lipinski definition) is 1. The predicted octanol–water partition coefficient (Wildman–Crippen LogP) is 1.70. The van der Waals surface area contributed by atoms with Gasteiger partial charge in [-0.25, -0.2) is 0 Å². The van der Waals surface area contributed by atoms with Gasteiger partial charge in [0.05, 0.1) is 0 Å². The number of amides is 1. The molecule has 1 rings (SSSR count). The molecule has 0 aromatic rings. The lowest BCUT2D eigenvalue weighted by Gasteiger charge is -2.07. The first-order chi connectivity index (χ1) is 5.29. The van der Waals surface area contributed by atoms with Gasteiger partial charge in [0.25, 0.3) is 0 Å². The number of carbonyl (C=O) groups excluding carboxylic acids is 1. The summed E-state index contributed by atoms with van der Waals surface area (Å²) >= 11 is 0. The van der Waals surface area contributed by atoms with E-state index in [0.29, 0.717) is 0 Å². The molecule has 0 aromatic carbocycles. The van der Waals surface area contributed by atoms with E-state index in [-0.39, 0.29) is 5.91 Å². The standard InChI is InChI=1S/C9H17NO/c1-8(11)10-7-6-9-4-2-3-5-9/h9H,2-7H2,1H3,(H,10,11). The molecule has 1 amide bonds. The molecule has 1 fully saturated rings. The van der Waals surface area contributed by atoms with Gasteiger partial charge in [-0.3, -0.25) is 4.79 Å². The van der Waals surface area contributed by atoms with Crippen molar-refractivity contribution in [2.45, 2.75) is 39.0 Å². The Morgan fingerprint density at radius 3 is 2.64 bits per heavy atom. The van der Waals surface area contributed by atoms with Crippen molar-refractivity contribution in [3.63, 3.8) is 0 Å². The first-order valence-electron chi connectivity index (χ1n) is 4.53. The third kappa shape index (κ3) is 3.40. The van der Waals surface area contributed by atoms with E-state index in [1.165, 1.54) is 32.1 Å². The van der Waals surface area contributed by atoms with Crippen molar-refractivity contribution < 1.29 is 4.79 Å². The Hall–Kier alpha value is -0.530. The molecule has 64 valence electrons. The summed E-state index contributed by atoms with van der Waals surface area (Å²) in [6.07, 6.45) is 6.72. The third-order valence-corrected chi connectivity index (χ3v) is 2.40. The van der Waals surface area contributed by atoms with Crippen molar-refractivity contribution in [3.8, 4) is 0 Å². The molecule has 1 aliphatic rings. The quantitative estimate of drug-likeness (QED) is 0.660. The van der Waals surface area contributed by atoms with Crippen molar-refractivity contribution >= 4 is 5.91 Å². The molecular formula is C9H17NO. The van der Waals surface area contributed by atoms with Crippen LogP contribution in [-0.2, 0) is 4.79 Å². The van der Waals surface area contributed by atoms with Crippen molar-refractivity contribution in [2.75, 3.05) is 6.54 Å². The zero-order chi connectivity index (χ0) is 8.10. The fourth-order valence-corrected chi connectivity index (χ4v) is 1.75. The van der Waals surface area contributed by atoms with Gasteiger partial charge >= 0.3 is 0 Å². The Morgan fingerprint density at radius 2 is 2.09 bits per heavy atom. The van der Waals surface area contributed by atoms with Crippen LogP contribution in [0.15, 0.2) is 0 Å². The summed E-state index contributed by atoms with van der Waals surface area (Å²) in [4.78, 5) is 10.5. The van der Waals surface area contributed by atoms with Gasteiger partial charge in [0.15, 0.2) is 0 Å². The predicted molar refractivity (Wildman–Crippen MR) is 45.3 cm³/mol. The summed E-state index contributed by atoms with van der Waals surface area (Å²) in [7, 11) is 0. The molecular weight excluding hydrogens is 138 g/mol. The number of carbonyl (C=O) groups is 1. The topological polar surface area (TPSA) is 29.1 Å². The molecule has 0 radical (unpaired) electrons. The Morgan fingerprint density at radius 1 is 1.45 bits per heavy atom. The molecule has 0 bridgehead atoms. The molecule has 0 aromatic heterocycles. The fraction of sp³-hybridized carbons (Fsp3) is 0.889. The maximum Gasteiger partial charge on any atom is 0.216 e. The maximum atomic E-state index is 10.5. The van der Waals surface area contributed by atoms with Gasteiger partial charge in [0, 0.05) is 13.5 Å². The van der Waals surface area contributed by atoms with E-state index in [1.54, 1.807) is 6.92 Å². The zero-order valence-corrected chi connectivity index (χ0v) is 7.23. The van der Waals surface area contributed by atoms with Crippen LogP contribution in [0.25, 0.3) is 0 Å². The van der Waals surface area contributed by atoms with Gasteiger partial charge in [-0.2, -0.15) is 0 Å². The molecule has 2 nitrogen and oxygen atoms in total. The number of hydrogen-bond donors (Lipinski definition) is 1. The molecule has 2 heteroatoms. The molecule has 0 aliphatic heterocycles. The second kappa shape index (κ2) is 4.37. The van der Waals surface area contributed by atoms with E-state index in [2.05, 4.69) is 5.32 Å². The molecule has 0 atom stereocenters. The third-order valence-electron chi connectivity index (χ3n) is 2.40. The molecule has 1 N–H and O–H groups in total. The van der Waals surface area contributed by atoms with Crippen molar-refractivity contribution in [2.24, 2.45) is 5.92 Å². The number of rotatable bonds is 3. The Bertz CT molecular complexity index is 128. The second-order valence-electron chi connectivity index (χ2n) is 3.42. The van der Waals surface area contributed by atoms with Gasteiger partial charge in [0.1, 0.15) is 0 Å². The van der Waals surface area contributed by atoms with Gasteiger partial charge in [0.2, 0.25) is 5.91 Å². The first-order valence-corrected chi connectivity index (χ1v) is 4.53. The minimum atomic E-state index is 0.1000. The van der Waals surface area contributed by atoms with E-state index < -0.39 is 0 Å². The van der Waals surface area contributed by atoms with Crippen LogP contribution in [0.1, 0.15) is 39.0 Å². The van der Waals surface area contributed by atoms with Crippen LogP contribution in [0.5, 0.6) is 0 Å². The van der Waals surface area contributed by atoms with E-state index in [1.807, 2.05) is 0 Å². The highest BCUT2D eigenvalue weighted by Crippen LogP contribution is 2.26. The lowest BCUT2D eigenvalue weighted by atomic mass is 10.0. The van der Waals surface area contributed by atoms with Gasteiger partial charge in [-0.05, 0) is 12.3 Å². The monoisotopic (exact) mass is 155 g/mol.